The minimum Gasteiger partial charge on any atom is -0.493 e. The van der Waals surface area contributed by atoms with Crippen molar-refractivity contribution in [3.8, 4) is 17.2 Å². The maximum Gasteiger partial charge on any atom is 0.342 e. The molecule has 7 nitrogen and oxygen atoms in total. The first-order valence-corrected chi connectivity index (χ1v) is 8.66. The first-order chi connectivity index (χ1) is 13.1. The molecule has 7 heteroatoms. The molecule has 0 saturated carbocycles. The van der Waals surface area contributed by atoms with E-state index in [4.69, 9.17) is 18.9 Å². The van der Waals surface area contributed by atoms with Crippen LogP contribution in [0.1, 0.15) is 35.8 Å². The van der Waals surface area contributed by atoms with E-state index in [-0.39, 0.29) is 25.0 Å². The molecule has 1 aliphatic heterocycles. The van der Waals surface area contributed by atoms with Gasteiger partial charge in [0.15, 0.2) is 18.1 Å². The van der Waals surface area contributed by atoms with Crippen molar-refractivity contribution >= 4 is 11.9 Å². The van der Waals surface area contributed by atoms with Gasteiger partial charge in [-0.15, -0.1) is 0 Å². The van der Waals surface area contributed by atoms with E-state index < -0.39 is 11.9 Å². The van der Waals surface area contributed by atoms with Gasteiger partial charge in [-0.05, 0) is 43.7 Å². The summed E-state index contributed by atoms with van der Waals surface area (Å²) >= 11 is 0. The number of ether oxygens (including phenoxy) is 4. The Morgan fingerprint density at radius 1 is 1.15 bits per heavy atom. The second-order valence-electron chi connectivity index (χ2n) is 5.91. The van der Waals surface area contributed by atoms with Crippen molar-refractivity contribution in [3.05, 3.63) is 53.6 Å². The third kappa shape index (κ3) is 4.49. The van der Waals surface area contributed by atoms with Crippen LogP contribution in [-0.4, -0.2) is 31.9 Å². The molecule has 0 aromatic heterocycles. The highest BCUT2D eigenvalue weighted by atomic mass is 16.7. The van der Waals surface area contributed by atoms with Gasteiger partial charge in [0.2, 0.25) is 6.79 Å². The first-order valence-electron chi connectivity index (χ1n) is 8.66. The van der Waals surface area contributed by atoms with Crippen LogP contribution in [0.15, 0.2) is 42.5 Å². The van der Waals surface area contributed by atoms with Crippen LogP contribution in [-0.2, 0) is 9.53 Å². The van der Waals surface area contributed by atoms with Gasteiger partial charge in [0.05, 0.1) is 12.6 Å². The van der Waals surface area contributed by atoms with Gasteiger partial charge in [-0.3, -0.25) is 4.79 Å². The van der Waals surface area contributed by atoms with Crippen molar-refractivity contribution < 1.29 is 28.5 Å². The van der Waals surface area contributed by atoms with Gasteiger partial charge in [-0.25, -0.2) is 4.79 Å². The number of hydrogen-bond acceptors (Lipinski definition) is 6. The minimum atomic E-state index is -0.607. The molecule has 0 spiro atoms. The van der Waals surface area contributed by atoms with Crippen LogP contribution in [0.3, 0.4) is 0 Å². The van der Waals surface area contributed by atoms with E-state index in [1.54, 1.807) is 30.3 Å². The van der Waals surface area contributed by atoms with E-state index in [9.17, 15) is 9.59 Å². The first kappa shape index (κ1) is 18.6. The SMILES string of the molecule is CCOc1ccccc1C(=O)OCC(=O)N[C@@H](C)c1ccc2c(c1)OCO2. The maximum atomic E-state index is 12.2. The molecule has 142 valence electrons. The summed E-state index contributed by atoms with van der Waals surface area (Å²) in [6.07, 6.45) is 0. The predicted molar refractivity (Wildman–Crippen MR) is 97.0 cm³/mol. The number of carbonyl (C=O) groups is 2. The Labute approximate surface area is 157 Å². The third-order valence-electron chi connectivity index (χ3n) is 4.02. The lowest BCUT2D eigenvalue weighted by Gasteiger charge is -2.15. The van der Waals surface area contributed by atoms with E-state index in [0.29, 0.717) is 23.9 Å². The molecule has 0 fully saturated rings. The van der Waals surface area contributed by atoms with Crippen LogP contribution in [0.4, 0.5) is 0 Å². The predicted octanol–water partition coefficient (Wildman–Crippen LogP) is 2.85. The molecule has 1 amide bonds. The summed E-state index contributed by atoms with van der Waals surface area (Å²) in [5, 5.41) is 2.79. The molecule has 0 saturated heterocycles. The van der Waals surface area contributed by atoms with E-state index in [2.05, 4.69) is 5.32 Å². The zero-order valence-corrected chi connectivity index (χ0v) is 15.2. The topological polar surface area (TPSA) is 83.1 Å². The fourth-order valence-corrected chi connectivity index (χ4v) is 2.67. The molecule has 2 aromatic carbocycles. The zero-order chi connectivity index (χ0) is 19.2. The number of esters is 1. The van der Waals surface area contributed by atoms with E-state index in [0.717, 1.165) is 5.56 Å². The average molecular weight is 371 g/mol. The Kier molecular flexibility index (Phi) is 5.80. The summed E-state index contributed by atoms with van der Waals surface area (Å²) < 4.78 is 21.1. The molecule has 0 aliphatic carbocycles. The van der Waals surface area contributed by atoms with Crippen LogP contribution >= 0.6 is 0 Å². The van der Waals surface area contributed by atoms with E-state index in [1.165, 1.54) is 0 Å². The van der Waals surface area contributed by atoms with Crippen molar-refractivity contribution in [2.45, 2.75) is 19.9 Å². The lowest BCUT2D eigenvalue weighted by atomic mass is 10.1. The quantitative estimate of drug-likeness (QED) is 0.754. The second-order valence-corrected chi connectivity index (χ2v) is 5.91. The lowest BCUT2D eigenvalue weighted by Crippen LogP contribution is -2.31. The minimum absolute atomic E-state index is 0.193. The van der Waals surface area contributed by atoms with Crippen LogP contribution in [0.25, 0.3) is 0 Å². The van der Waals surface area contributed by atoms with Gasteiger partial charge in [0.1, 0.15) is 11.3 Å². The van der Waals surface area contributed by atoms with Gasteiger partial charge in [0, 0.05) is 0 Å². The molecule has 1 aliphatic rings. The third-order valence-corrected chi connectivity index (χ3v) is 4.02. The Balaban J connectivity index is 1.54. The molecule has 27 heavy (non-hydrogen) atoms. The van der Waals surface area contributed by atoms with Gasteiger partial charge >= 0.3 is 5.97 Å². The van der Waals surface area contributed by atoms with Crippen molar-refractivity contribution in [2.24, 2.45) is 0 Å². The molecular formula is C20H21NO6. The molecule has 0 unspecified atom stereocenters. The Bertz CT molecular complexity index is 835. The number of hydrogen-bond donors (Lipinski definition) is 1. The number of fused-ring (bicyclic) bond motifs is 1. The number of carbonyl (C=O) groups excluding carboxylic acids is 2. The fraction of sp³-hybridized carbons (Fsp3) is 0.300. The number of para-hydroxylation sites is 1. The number of rotatable bonds is 7. The van der Waals surface area contributed by atoms with E-state index >= 15 is 0 Å². The lowest BCUT2D eigenvalue weighted by molar-refractivity contribution is -0.124. The molecule has 1 atom stereocenters. The maximum absolute atomic E-state index is 12.2. The number of amides is 1. The monoisotopic (exact) mass is 371 g/mol. The molecule has 0 radical (unpaired) electrons. The molecular weight excluding hydrogens is 350 g/mol. The van der Waals surface area contributed by atoms with E-state index in [1.807, 2.05) is 26.0 Å². The summed E-state index contributed by atoms with van der Waals surface area (Å²) in [6, 6.07) is 11.9. The van der Waals surface area contributed by atoms with Crippen molar-refractivity contribution in [1.29, 1.82) is 0 Å². The van der Waals surface area contributed by atoms with Gasteiger partial charge in [-0.2, -0.15) is 0 Å². The second kappa shape index (κ2) is 8.44. The highest BCUT2D eigenvalue weighted by molar-refractivity contribution is 5.94. The fourth-order valence-electron chi connectivity index (χ4n) is 2.67. The molecule has 3 rings (SSSR count). The van der Waals surface area contributed by atoms with Crippen LogP contribution in [0.5, 0.6) is 17.2 Å². The van der Waals surface area contributed by atoms with Crippen LogP contribution in [0.2, 0.25) is 0 Å². The summed E-state index contributed by atoms with van der Waals surface area (Å²) in [4.78, 5) is 24.3. The Hall–Kier alpha value is -3.22. The van der Waals surface area contributed by atoms with Crippen LogP contribution < -0.4 is 19.5 Å². The van der Waals surface area contributed by atoms with Crippen molar-refractivity contribution in [2.75, 3.05) is 20.0 Å². The highest BCUT2D eigenvalue weighted by Crippen LogP contribution is 2.34. The Morgan fingerprint density at radius 3 is 2.74 bits per heavy atom. The smallest absolute Gasteiger partial charge is 0.342 e. The van der Waals surface area contributed by atoms with Crippen LogP contribution in [0, 0.1) is 0 Å². The average Bonchev–Trinajstić information content (AvgIpc) is 3.14. The van der Waals surface area contributed by atoms with Crippen molar-refractivity contribution in [3.63, 3.8) is 0 Å². The number of nitrogens with one attached hydrogen (secondary N) is 1. The molecule has 1 N–H and O–H groups in total. The zero-order valence-electron chi connectivity index (χ0n) is 15.2. The summed E-state index contributed by atoms with van der Waals surface area (Å²) in [5.74, 6) is 0.748. The standard InChI is InChI=1S/C20H21NO6/c1-3-24-16-7-5-4-6-15(16)20(23)25-11-19(22)21-13(2)14-8-9-17-18(10-14)27-12-26-17/h4-10,13H,3,11-12H2,1-2H3,(H,21,22)/t13-/m0/s1. The molecule has 2 aromatic rings. The van der Waals surface area contributed by atoms with Gasteiger partial charge < -0.3 is 24.3 Å². The highest BCUT2D eigenvalue weighted by Gasteiger charge is 2.18. The number of benzene rings is 2. The summed E-state index contributed by atoms with van der Waals surface area (Å²) in [6.45, 7) is 3.90. The van der Waals surface area contributed by atoms with Crippen molar-refractivity contribution in [1.82, 2.24) is 5.32 Å². The largest absolute Gasteiger partial charge is 0.493 e. The molecule has 1 heterocycles. The van der Waals surface area contributed by atoms with Gasteiger partial charge in [-0.1, -0.05) is 18.2 Å². The van der Waals surface area contributed by atoms with Gasteiger partial charge in [0.25, 0.3) is 5.91 Å². The normalized spacial score (nSPS) is 13.0. The summed E-state index contributed by atoms with van der Waals surface area (Å²) in [5.41, 5.74) is 1.15. The summed E-state index contributed by atoms with van der Waals surface area (Å²) in [7, 11) is 0. The Morgan fingerprint density at radius 2 is 1.93 bits per heavy atom. The molecule has 0 bridgehead atoms.